The van der Waals surface area contributed by atoms with Crippen LogP contribution in [0.3, 0.4) is 0 Å². The van der Waals surface area contributed by atoms with E-state index in [-0.39, 0.29) is 5.91 Å². The zero-order chi connectivity index (χ0) is 9.30. The zero-order valence-electron chi connectivity index (χ0n) is 7.40. The first-order chi connectivity index (χ1) is 5.54. The molecule has 2 N–H and O–H groups in total. The van der Waals surface area contributed by atoms with Gasteiger partial charge in [-0.3, -0.25) is 4.79 Å². The lowest BCUT2D eigenvalue weighted by atomic mass is 10.0. The normalized spacial score (nSPS) is 35.2. The van der Waals surface area contributed by atoms with Crippen molar-refractivity contribution in [2.24, 2.45) is 5.92 Å². The van der Waals surface area contributed by atoms with Crippen molar-refractivity contribution in [1.82, 2.24) is 4.90 Å². The van der Waals surface area contributed by atoms with Crippen molar-refractivity contribution in [2.45, 2.75) is 25.0 Å². The first kappa shape index (κ1) is 9.48. The van der Waals surface area contributed by atoms with E-state index in [4.69, 9.17) is 0 Å². The van der Waals surface area contributed by atoms with E-state index in [9.17, 15) is 15.0 Å². The van der Waals surface area contributed by atoms with Crippen LogP contribution in [0.25, 0.3) is 0 Å². The Morgan fingerprint density at radius 2 is 1.92 bits per heavy atom. The number of aliphatic hydroxyl groups is 2. The van der Waals surface area contributed by atoms with Gasteiger partial charge in [-0.15, -0.1) is 0 Å². The minimum Gasteiger partial charge on any atom is -0.390 e. The molecule has 0 aliphatic heterocycles. The average Bonchev–Trinajstić information content (AvgIpc) is 2.32. The van der Waals surface area contributed by atoms with Gasteiger partial charge in [-0.25, -0.2) is 0 Å². The van der Waals surface area contributed by atoms with Gasteiger partial charge in [0, 0.05) is 14.1 Å². The van der Waals surface area contributed by atoms with Crippen LogP contribution in [-0.4, -0.2) is 47.3 Å². The Labute approximate surface area is 71.8 Å². The van der Waals surface area contributed by atoms with Gasteiger partial charge in [0.25, 0.3) is 0 Å². The molecule has 0 heterocycles. The Kier molecular flexibility index (Phi) is 2.69. The van der Waals surface area contributed by atoms with Gasteiger partial charge >= 0.3 is 0 Å². The fourth-order valence-corrected chi connectivity index (χ4v) is 1.56. The molecule has 70 valence electrons. The van der Waals surface area contributed by atoms with E-state index < -0.39 is 18.1 Å². The number of hydrogen-bond donors (Lipinski definition) is 2. The van der Waals surface area contributed by atoms with Crippen LogP contribution in [-0.2, 0) is 4.79 Å². The Balaban J connectivity index is 2.59. The van der Waals surface area contributed by atoms with E-state index >= 15 is 0 Å². The average molecular weight is 173 g/mol. The van der Waals surface area contributed by atoms with E-state index in [1.807, 2.05) is 0 Å². The molecule has 0 bridgehead atoms. The van der Waals surface area contributed by atoms with Gasteiger partial charge < -0.3 is 15.1 Å². The Bertz CT molecular complexity index is 181. The van der Waals surface area contributed by atoms with Gasteiger partial charge in [0.2, 0.25) is 5.91 Å². The summed E-state index contributed by atoms with van der Waals surface area (Å²) in [6.45, 7) is 0. The minimum absolute atomic E-state index is 0.0981. The molecule has 1 fully saturated rings. The van der Waals surface area contributed by atoms with Crippen LogP contribution in [0.2, 0.25) is 0 Å². The van der Waals surface area contributed by atoms with Gasteiger partial charge in [-0.05, 0) is 12.8 Å². The van der Waals surface area contributed by atoms with Crippen LogP contribution < -0.4 is 0 Å². The molecule has 1 aliphatic rings. The summed E-state index contributed by atoms with van der Waals surface area (Å²) in [4.78, 5) is 12.8. The van der Waals surface area contributed by atoms with Crippen molar-refractivity contribution in [1.29, 1.82) is 0 Å². The lowest BCUT2D eigenvalue weighted by molar-refractivity contribution is -0.136. The van der Waals surface area contributed by atoms with Crippen LogP contribution in [0.5, 0.6) is 0 Å². The molecule has 0 spiro atoms. The zero-order valence-corrected chi connectivity index (χ0v) is 7.40. The van der Waals surface area contributed by atoms with Crippen molar-refractivity contribution in [3.8, 4) is 0 Å². The topological polar surface area (TPSA) is 60.8 Å². The van der Waals surface area contributed by atoms with Gasteiger partial charge in [0.05, 0.1) is 18.1 Å². The quantitative estimate of drug-likeness (QED) is 0.546. The fraction of sp³-hybridized carbons (Fsp3) is 0.875. The highest BCUT2D eigenvalue weighted by molar-refractivity contribution is 5.79. The molecule has 0 aromatic carbocycles. The van der Waals surface area contributed by atoms with Gasteiger partial charge in [0.1, 0.15) is 0 Å². The highest BCUT2D eigenvalue weighted by atomic mass is 16.3. The molecular weight excluding hydrogens is 158 g/mol. The molecular formula is C8H15NO3. The van der Waals surface area contributed by atoms with Crippen molar-refractivity contribution >= 4 is 5.91 Å². The van der Waals surface area contributed by atoms with Gasteiger partial charge in [-0.2, -0.15) is 0 Å². The summed E-state index contributed by atoms with van der Waals surface area (Å²) < 4.78 is 0. The predicted molar refractivity (Wildman–Crippen MR) is 43.4 cm³/mol. The second-order valence-electron chi connectivity index (χ2n) is 3.47. The maximum absolute atomic E-state index is 11.4. The SMILES string of the molecule is CN(C)C(=O)[C@H]1CCC(O)C1O. The summed E-state index contributed by atoms with van der Waals surface area (Å²) in [5, 5.41) is 18.6. The first-order valence-corrected chi connectivity index (χ1v) is 4.11. The molecule has 1 aliphatic carbocycles. The van der Waals surface area contributed by atoms with Gasteiger partial charge in [0.15, 0.2) is 0 Å². The molecule has 0 saturated heterocycles. The Hall–Kier alpha value is -0.610. The summed E-state index contributed by atoms with van der Waals surface area (Å²) in [5.74, 6) is -0.506. The van der Waals surface area contributed by atoms with Crippen LogP contribution in [0.4, 0.5) is 0 Å². The summed E-state index contributed by atoms with van der Waals surface area (Å²) >= 11 is 0. The molecule has 4 heteroatoms. The number of nitrogens with zero attached hydrogens (tertiary/aromatic N) is 1. The molecule has 3 atom stereocenters. The van der Waals surface area contributed by atoms with Crippen LogP contribution in [0, 0.1) is 5.92 Å². The molecule has 4 nitrogen and oxygen atoms in total. The molecule has 0 aromatic heterocycles. The smallest absolute Gasteiger partial charge is 0.227 e. The lowest BCUT2D eigenvalue weighted by Gasteiger charge is -2.19. The number of carbonyl (C=O) groups excluding carboxylic acids is 1. The molecule has 0 aromatic rings. The first-order valence-electron chi connectivity index (χ1n) is 4.11. The number of amides is 1. The molecule has 1 amide bonds. The van der Waals surface area contributed by atoms with E-state index in [1.165, 1.54) is 4.90 Å². The fourth-order valence-electron chi connectivity index (χ4n) is 1.56. The number of rotatable bonds is 1. The standard InChI is InChI=1S/C8H15NO3/c1-9(2)8(12)5-3-4-6(10)7(5)11/h5-7,10-11H,3-4H2,1-2H3/t5-,6?,7?/m0/s1. The van der Waals surface area contributed by atoms with Crippen LogP contribution >= 0.6 is 0 Å². The van der Waals surface area contributed by atoms with Crippen molar-refractivity contribution in [3.05, 3.63) is 0 Å². The third-order valence-corrected chi connectivity index (χ3v) is 2.34. The number of hydrogen-bond acceptors (Lipinski definition) is 3. The number of carbonyl (C=O) groups is 1. The maximum Gasteiger partial charge on any atom is 0.227 e. The van der Waals surface area contributed by atoms with Crippen molar-refractivity contribution < 1.29 is 15.0 Å². The summed E-state index contributed by atoms with van der Waals surface area (Å²) in [6, 6.07) is 0. The number of aliphatic hydroxyl groups excluding tert-OH is 2. The third kappa shape index (κ3) is 1.59. The Morgan fingerprint density at radius 1 is 1.33 bits per heavy atom. The maximum atomic E-state index is 11.4. The lowest BCUT2D eigenvalue weighted by Crippen LogP contribution is -2.37. The monoisotopic (exact) mass is 173 g/mol. The molecule has 2 unspecified atom stereocenters. The van der Waals surface area contributed by atoms with Crippen molar-refractivity contribution in [3.63, 3.8) is 0 Å². The predicted octanol–water partition coefficient (Wildman–Crippen LogP) is -0.794. The van der Waals surface area contributed by atoms with E-state index in [0.717, 1.165) is 0 Å². The second kappa shape index (κ2) is 3.41. The van der Waals surface area contributed by atoms with Crippen molar-refractivity contribution in [2.75, 3.05) is 14.1 Å². The Morgan fingerprint density at radius 3 is 2.25 bits per heavy atom. The van der Waals surface area contributed by atoms with E-state index in [2.05, 4.69) is 0 Å². The summed E-state index contributed by atoms with van der Waals surface area (Å²) in [6.07, 6.45) is -0.496. The van der Waals surface area contributed by atoms with Gasteiger partial charge in [-0.1, -0.05) is 0 Å². The third-order valence-electron chi connectivity index (χ3n) is 2.34. The summed E-state index contributed by atoms with van der Waals surface area (Å²) in [7, 11) is 3.31. The molecule has 0 radical (unpaired) electrons. The summed E-state index contributed by atoms with van der Waals surface area (Å²) in [5.41, 5.74) is 0. The molecule has 12 heavy (non-hydrogen) atoms. The van der Waals surface area contributed by atoms with Crippen LogP contribution in [0.15, 0.2) is 0 Å². The van der Waals surface area contributed by atoms with E-state index in [0.29, 0.717) is 12.8 Å². The highest BCUT2D eigenvalue weighted by Crippen LogP contribution is 2.27. The van der Waals surface area contributed by atoms with Crippen LogP contribution in [0.1, 0.15) is 12.8 Å². The largest absolute Gasteiger partial charge is 0.390 e. The molecule has 1 saturated carbocycles. The molecule has 1 rings (SSSR count). The minimum atomic E-state index is -0.875. The highest BCUT2D eigenvalue weighted by Gasteiger charge is 2.38. The van der Waals surface area contributed by atoms with E-state index in [1.54, 1.807) is 14.1 Å². The second-order valence-corrected chi connectivity index (χ2v) is 3.47.